The van der Waals surface area contributed by atoms with Crippen molar-refractivity contribution in [2.24, 2.45) is 11.8 Å². The van der Waals surface area contributed by atoms with E-state index in [4.69, 9.17) is 9.47 Å². The summed E-state index contributed by atoms with van der Waals surface area (Å²) in [6.07, 6.45) is 4.57. The van der Waals surface area contributed by atoms with Gasteiger partial charge in [0.2, 0.25) is 0 Å². The van der Waals surface area contributed by atoms with Crippen LogP contribution in [0.5, 0.6) is 0 Å². The van der Waals surface area contributed by atoms with Gasteiger partial charge in [-0.15, -0.1) is 0 Å². The Labute approximate surface area is 123 Å². The van der Waals surface area contributed by atoms with Crippen LogP contribution in [-0.2, 0) is 9.47 Å². The molecular formula is C16H30N2O2. The number of likely N-dealkylation sites (N-methyl/N-ethyl adjacent to an activating group) is 1. The number of rotatable bonds is 3. The van der Waals surface area contributed by atoms with Gasteiger partial charge >= 0.3 is 0 Å². The highest BCUT2D eigenvalue weighted by molar-refractivity contribution is 4.98. The number of nitrogens with zero attached hydrogens (tertiary/aromatic N) is 1. The third-order valence-corrected chi connectivity index (χ3v) is 5.67. The summed E-state index contributed by atoms with van der Waals surface area (Å²) < 4.78 is 11.9. The molecule has 3 rings (SSSR count). The van der Waals surface area contributed by atoms with Gasteiger partial charge in [-0.1, -0.05) is 13.8 Å². The van der Waals surface area contributed by atoms with Crippen molar-refractivity contribution in [3.8, 4) is 0 Å². The summed E-state index contributed by atoms with van der Waals surface area (Å²) in [5.41, 5.74) is 0. The van der Waals surface area contributed by atoms with E-state index < -0.39 is 0 Å². The standard InChI is InChI=1S/C16H30N2O2/c1-12(2)13-5-7-18(11-13)15-10-16(19-8-9-20-16)6-4-14(15)17-3/h12-15,17H,4-11H2,1-3H3. The Balaban J connectivity index is 1.68. The normalized spacial score (nSPS) is 38.1. The van der Waals surface area contributed by atoms with E-state index in [1.165, 1.54) is 19.5 Å². The van der Waals surface area contributed by atoms with Gasteiger partial charge in [0, 0.05) is 31.5 Å². The molecule has 0 aromatic rings. The van der Waals surface area contributed by atoms with Gasteiger partial charge in [-0.2, -0.15) is 0 Å². The third-order valence-electron chi connectivity index (χ3n) is 5.67. The van der Waals surface area contributed by atoms with E-state index in [-0.39, 0.29) is 5.79 Å². The van der Waals surface area contributed by atoms with E-state index in [1.54, 1.807) is 0 Å². The van der Waals surface area contributed by atoms with Gasteiger partial charge in [0.1, 0.15) is 0 Å². The van der Waals surface area contributed by atoms with Crippen LogP contribution in [0.2, 0.25) is 0 Å². The van der Waals surface area contributed by atoms with Crippen molar-refractivity contribution in [2.75, 3.05) is 33.4 Å². The Hall–Kier alpha value is -0.160. The number of hydrogen-bond donors (Lipinski definition) is 1. The number of nitrogens with one attached hydrogen (secondary N) is 1. The Morgan fingerprint density at radius 3 is 2.55 bits per heavy atom. The summed E-state index contributed by atoms with van der Waals surface area (Å²) in [7, 11) is 2.10. The average molecular weight is 282 g/mol. The summed E-state index contributed by atoms with van der Waals surface area (Å²) in [5.74, 6) is 1.38. The molecule has 0 amide bonds. The first-order valence-electron chi connectivity index (χ1n) is 8.33. The van der Waals surface area contributed by atoms with Crippen LogP contribution in [0.4, 0.5) is 0 Å². The van der Waals surface area contributed by atoms with Gasteiger partial charge in [0.25, 0.3) is 0 Å². The topological polar surface area (TPSA) is 33.7 Å². The van der Waals surface area contributed by atoms with E-state index in [1.807, 2.05) is 0 Å². The molecule has 0 radical (unpaired) electrons. The maximum absolute atomic E-state index is 5.96. The highest BCUT2D eigenvalue weighted by Gasteiger charge is 2.47. The van der Waals surface area contributed by atoms with Gasteiger partial charge in [-0.05, 0) is 38.3 Å². The predicted octanol–water partition coefficient (Wildman–Crippen LogP) is 1.85. The van der Waals surface area contributed by atoms with Crippen molar-refractivity contribution < 1.29 is 9.47 Å². The number of likely N-dealkylation sites (tertiary alicyclic amines) is 1. The molecule has 4 nitrogen and oxygen atoms in total. The molecule has 20 heavy (non-hydrogen) atoms. The van der Waals surface area contributed by atoms with Crippen molar-refractivity contribution in [1.29, 1.82) is 0 Å². The molecule has 3 aliphatic rings. The lowest BCUT2D eigenvalue weighted by molar-refractivity contribution is -0.192. The minimum atomic E-state index is -0.270. The Morgan fingerprint density at radius 2 is 1.95 bits per heavy atom. The van der Waals surface area contributed by atoms with E-state index in [0.29, 0.717) is 12.1 Å². The maximum atomic E-state index is 5.96. The van der Waals surface area contributed by atoms with Crippen molar-refractivity contribution in [1.82, 2.24) is 10.2 Å². The first-order valence-corrected chi connectivity index (χ1v) is 8.33. The first kappa shape index (κ1) is 14.8. The SMILES string of the molecule is CNC1CCC2(CC1N1CCC(C(C)C)C1)OCCO2. The highest BCUT2D eigenvalue weighted by Crippen LogP contribution is 2.39. The summed E-state index contributed by atoms with van der Waals surface area (Å²) >= 11 is 0. The monoisotopic (exact) mass is 282 g/mol. The second-order valence-corrected chi connectivity index (χ2v) is 7.10. The second-order valence-electron chi connectivity index (χ2n) is 7.10. The van der Waals surface area contributed by atoms with Crippen molar-refractivity contribution in [3.05, 3.63) is 0 Å². The van der Waals surface area contributed by atoms with Crippen molar-refractivity contribution >= 4 is 0 Å². The molecule has 3 unspecified atom stereocenters. The van der Waals surface area contributed by atoms with Crippen LogP contribution in [0, 0.1) is 11.8 Å². The summed E-state index contributed by atoms with van der Waals surface area (Å²) in [6.45, 7) is 8.74. The Morgan fingerprint density at radius 1 is 1.20 bits per heavy atom. The van der Waals surface area contributed by atoms with Crippen LogP contribution in [0.25, 0.3) is 0 Å². The molecule has 3 fully saturated rings. The van der Waals surface area contributed by atoms with Crippen LogP contribution in [0.1, 0.15) is 39.5 Å². The molecule has 1 spiro atoms. The maximum Gasteiger partial charge on any atom is 0.170 e. The van der Waals surface area contributed by atoms with Gasteiger partial charge < -0.3 is 14.8 Å². The smallest absolute Gasteiger partial charge is 0.170 e. The molecule has 1 aliphatic carbocycles. The minimum Gasteiger partial charge on any atom is -0.347 e. The average Bonchev–Trinajstić information content (AvgIpc) is 3.08. The quantitative estimate of drug-likeness (QED) is 0.856. The van der Waals surface area contributed by atoms with E-state index in [9.17, 15) is 0 Å². The van der Waals surface area contributed by atoms with Gasteiger partial charge in [0.05, 0.1) is 13.2 Å². The first-order chi connectivity index (χ1) is 9.63. The van der Waals surface area contributed by atoms with Crippen LogP contribution in [0.3, 0.4) is 0 Å². The molecule has 116 valence electrons. The Kier molecular flexibility index (Phi) is 4.37. The molecule has 3 atom stereocenters. The fourth-order valence-electron chi connectivity index (χ4n) is 4.27. The molecule has 4 heteroatoms. The zero-order valence-corrected chi connectivity index (χ0v) is 13.2. The molecule has 0 aromatic carbocycles. The van der Waals surface area contributed by atoms with Gasteiger partial charge in [-0.3, -0.25) is 4.90 Å². The lowest BCUT2D eigenvalue weighted by atomic mass is 9.84. The van der Waals surface area contributed by atoms with Crippen molar-refractivity contribution in [3.63, 3.8) is 0 Å². The van der Waals surface area contributed by atoms with E-state index >= 15 is 0 Å². The number of ether oxygens (including phenoxy) is 2. The largest absolute Gasteiger partial charge is 0.347 e. The Bertz CT molecular complexity index is 328. The molecule has 0 bridgehead atoms. The van der Waals surface area contributed by atoms with Gasteiger partial charge in [-0.25, -0.2) is 0 Å². The lowest BCUT2D eigenvalue weighted by Crippen LogP contribution is -2.56. The number of hydrogen-bond acceptors (Lipinski definition) is 4. The molecule has 1 saturated carbocycles. The van der Waals surface area contributed by atoms with Crippen LogP contribution >= 0.6 is 0 Å². The van der Waals surface area contributed by atoms with Crippen LogP contribution in [-0.4, -0.2) is 56.1 Å². The van der Waals surface area contributed by atoms with E-state index in [2.05, 4.69) is 31.1 Å². The summed E-state index contributed by atoms with van der Waals surface area (Å²) in [5, 5.41) is 3.53. The molecule has 2 aliphatic heterocycles. The highest BCUT2D eigenvalue weighted by atomic mass is 16.7. The molecule has 0 aromatic heterocycles. The fraction of sp³-hybridized carbons (Fsp3) is 1.00. The van der Waals surface area contributed by atoms with E-state index in [0.717, 1.165) is 44.3 Å². The van der Waals surface area contributed by atoms with Crippen LogP contribution < -0.4 is 5.32 Å². The predicted molar refractivity (Wildman–Crippen MR) is 79.6 cm³/mol. The molecule has 2 saturated heterocycles. The summed E-state index contributed by atoms with van der Waals surface area (Å²) in [4.78, 5) is 2.69. The second kappa shape index (κ2) is 5.91. The molecule has 2 heterocycles. The zero-order chi connectivity index (χ0) is 14.2. The zero-order valence-electron chi connectivity index (χ0n) is 13.2. The van der Waals surface area contributed by atoms with Crippen molar-refractivity contribution in [2.45, 2.75) is 57.4 Å². The fourth-order valence-corrected chi connectivity index (χ4v) is 4.27. The molecular weight excluding hydrogens is 252 g/mol. The van der Waals surface area contributed by atoms with Crippen LogP contribution in [0.15, 0.2) is 0 Å². The van der Waals surface area contributed by atoms with Gasteiger partial charge in [0.15, 0.2) is 5.79 Å². The molecule has 1 N–H and O–H groups in total. The summed E-state index contributed by atoms with van der Waals surface area (Å²) in [6, 6.07) is 1.15. The minimum absolute atomic E-state index is 0.270. The third kappa shape index (κ3) is 2.76. The lowest BCUT2D eigenvalue weighted by Gasteiger charge is -2.45.